The molecule has 1 aliphatic heterocycles. The summed E-state index contributed by atoms with van der Waals surface area (Å²) in [4.78, 5) is 13.2. The SMILES string of the molecule is O=C(CCCSc1ccc(Cl)cc1)Nc1ccc2c(c1)OCCO2. The average molecular weight is 364 g/mol. The smallest absolute Gasteiger partial charge is 0.224 e. The summed E-state index contributed by atoms with van der Waals surface area (Å²) in [6, 6.07) is 13.2. The first-order chi connectivity index (χ1) is 11.7. The molecule has 24 heavy (non-hydrogen) atoms. The topological polar surface area (TPSA) is 47.6 Å². The lowest BCUT2D eigenvalue weighted by atomic mass is 10.2. The van der Waals surface area contributed by atoms with Crippen molar-refractivity contribution in [1.29, 1.82) is 0 Å². The number of amides is 1. The summed E-state index contributed by atoms with van der Waals surface area (Å²) < 4.78 is 11.0. The van der Waals surface area contributed by atoms with E-state index in [0.29, 0.717) is 25.4 Å². The Bertz CT molecular complexity index is 706. The fourth-order valence-electron chi connectivity index (χ4n) is 2.30. The fraction of sp³-hybridized carbons (Fsp3) is 0.278. The van der Waals surface area contributed by atoms with E-state index in [1.807, 2.05) is 36.4 Å². The summed E-state index contributed by atoms with van der Waals surface area (Å²) in [7, 11) is 0. The van der Waals surface area contributed by atoms with Gasteiger partial charge in [-0.3, -0.25) is 4.79 Å². The van der Waals surface area contributed by atoms with E-state index in [9.17, 15) is 4.79 Å². The summed E-state index contributed by atoms with van der Waals surface area (Å²) in [6.07, 6.45) is 1.29. The van der Waals surface area contributed by atoms with Crippen LogP contribution in [0.2, 0.25) is 5.02 Å². The molecule has 0 unspecified atom stereocenters. The van der Waals surface area contributed by atoms with Crippen LogP contribution in [0.1, 0.15) is 12.8 Å². The van der Waals surface area contributed by atoms with Crippen molar-refractivity contribution >= 4 is 35.0 Å². The monoisotopic (exact) mass is 363 g/mol. The zero-order valence-corrected chi connectivity index (χ0v) is 14.7. The van der Waals surface area contributed by atoms with Gasteiger partial charge in [0.05, 0.1) is 0 Å². The molecule has 1 aliphatic rings. The second kappa shape index (κ2) is 8.31. The van der Waals surface area contributed by atoms with Crippen LogP contribution in [0.5, 0.6) is 11.5 Å². The Morgan fingerprint density at radius 1 is 1.08 bits per heavy atom. The number of benzene rings is 2. The summed E-state index contributed by atoms with van der Waals surface area (Å²) in [5.74, 6) is 2.29. The molecule has 2 aromatic rings. The molecule has 0 radical (unpaired) electrons. The molecule has 0 bridgehead atoms. The van der Waals surface area contributed by atoms with Crippen molar-refractivity contribution in [2.75, 3.05) is 24.3 Å². The van der Waals surface area contributed by atoms with Crippen molar-refractivity contribution in [2.45, 2.75) is 17.7 Å². The summed E-state index contributed by atoms with van der Waals surface area (Å²) in [5, 5.41) is 3.63. The maximum atomic E-state index is 12.0. The molecule has 0 aromatic heterocycles. The second-order valence-corrected chi connectivity index (χ2v) is 6.92. The van der Waals surface area contributed by atoms with E-state index < -0.39 is 0 Å². The van der Waals surface area contributed by atoms with Crippen LogP contribution < -0.4 is 14.8 Å². The number of hydrogen-bond acceptors (Lipinski definition) is 4. The number of fused-ring (bicyclic) bond motifs is 1. The van der Waals surface area contributed by atoms with Crippen LogP contribution in [0.3, 0.4) is 0 Å². The van der Waals surface area contributed by atoms with Crippen LogP contribution in [-0.2, 0) is 4.79 Å². The zero-order chi connectivity index (χ0) is 16.8. The van der Waals surface area contributed by atoms with Crippen LogP contribution in [0, 0.1) is 0 Å². The van der Waals surface area contributed by atoms with Gasteiger partial charge in [0.15, 0.2) is 11.5 Å². The number of halogens is 1. The van der Waals surface area contributed by atoms with Gasteiger partial charge in [-0.1, -0.05) is 11.6 Å². The summed E-state index contributed by atoms with van der Waals surface area (Å²) in [6.45, 7) is 1.09. The predicted molar refractivity (Wildman–Crippen MR) is 97.5 cm³/mol. The quantitative estimate of drug-likeness (QED) is 0.600. The first-order valence-corrected chi connectivity index (χ1v) is 9.15. The highest BCUT2D eigenvalue weighted by Crippen LogP contribution is 2.32. The minimum atomic E-state index is 0.00313. The number of rotatable bonds is 6. The van der Waals surface area contributed by atoms with Crippen molar-refractivity contribution in [3.63, 3.8) is 0 Å². The van der Waals surface area contributed by atoms with Gasteiger partial charge in [0, 0.05) is 28.1 Å². The molecule has 3 rings (SSSR count). The Balaban J connectivity index is 1.41. The minimum absolute atomic E-state index is 0.00313. The highest BCUT2D eigenvalue weighted by molar-refractivity contribution is 7.99. The van der Waals surface area contributed by atoms with Gasteiger partial charge in [-0.2, -0.15) is 0 Å². The Kier molecular flexibility index (Phi) is 5.88. The molecule has 6 heteroatoms. The number of anilines is 1. The van der Waals surface area contributed by atoms with Gasteiger partial charge in [0.1, 0.15) is 13.2 Å². The lowest BCUT2D eigenvalue weighted by Gasteiger charge is -2.19. The Labute approximate surface area is 150 Å². The van der Waals surface area contributed by atoms with Crippen molar-refractivity contribution in [3.8, 4) is 11.5 Å². The van der Waals surface area contributed by atoms with Gasteiger partial charge in [0.2, 0.25) is 5.91 Å². The van der Waals surface area contributed by atoms with E-state index in [-0.39, 0.29) is 5.91 Å². The van der Waals surface area contributed by atoms with Crippen molar-refractivity contribution in [2.24, 2.45) is 0 Å². The largest absolute Gasteiger partial charge is 0.486 e. The molecule has 0 spiro atoms. The van der Waals surface area contributed by atoms with Gasteiger partial charge >= 0.3 is 0 Å². The van der Waals surface area contributed by atoms with Gasteiger partial charge in [-0.25, -0.2) is 0 Å². The lowest BCUT2D eigenvalue weighted by molar-refractivity contribution is -0.116. The molecule has 0 aliphatic carbocycles. The zero-order valence-electron chi connectivity index (χ0n) is 13.1. The molecule has 0 saturated carbocycles. The first kappa shape index (κ1) is 17.0. The van der Waals surface area contributed by atoms with Crippen molar-refractivity contribution in [1.82, 2.24) is 0 Å². The van der Waals surface area contributed by atoms with E-state index in [4.69, 9.17) is 21.1 Å². The molecule has 0 saturated heterocycles. The average Bonchev–Trinajstić information content (AvgIpc) is 2.60. The molecule has 1 heterocycles. The van der Waals surface area contributed by atoms with Crippen molar-refractivity contribution < 1.29 is 14.3 Å². The summed E-state index contributed by atoms with van der Waals surface area (Å²) in [5.41, 5.74) is 0.731. The second-order valence-electron chi connectivity index (χ2n) is 5.31. The van der Waals surface area contributed by atoms with Crippen LogP contribution >= 0.6 is 23.4 Å². The number of ether oxygens (including phenoxy) is 2. The van der Waals surface area contributed by atoms with Crippen molar-refractivity contribution in [3.05, 3.63) is 47.5 Å². The third kappa shape index (κ3) is 4.82. The molecular weight excluding hydrogens is 346 g/mol. The maximum absolute atomic E-state index is 12.0. The number of nitrogens with one attached hydrogen (secondary N) is 1. The van der Waals surface area contributed by atoms with Gasteiger partial charge in [-0.15, -0.1) is 11.8 Å². The van der Waals surface area contributed by atoms with Crippen LogP contribution in [0.4, 0.5) is 5.69 Å². The van der Waals surface area contributed by atoms with Crippen LogP contribution in [0.25, 0.3) is 0 Å². The van der Waals surface area contributed by atoms with E-state index in [2.05, 4.69) is 5.32 Å². The number of thioether (sulfide) groups is 1. The standard InChI is InChI=1S/C18H18ClNO3S/c19-13-3-6-15(7-4-13)24-11-1-2-18(21)20-14-5-8-16-17(12-14)23-10-9-22-16/h3-8,12H,1-2,9-11H2,(H,20,21). The van der Waals surface area contributed by atoms with E-state index in [1.165, 1.54) is 0 Å². The minimum Gasteiger partial charge on any atom is -0.486 e. The Morgan fingerprint density at radius 2 is 1.83 bits per heavy atom. The normalized spacial score (nSPS) is 12.7. The molecule has 0 atom stereocenters. The van der Waals surface area contributed by atoms with Gasteiger partial charge in [0.25, 0.3) is 0 Å². The van der Waals surface area contributed by atoms with Gasteiger partial charge < -0.3 is 14.8 Å². The highest BCUT2D eigenvalue weighted by atomic mass is 35.5. The van der Waals surface area contributed by atoms with E-state index in [0.717, 1.165) is 33.5 Å². The van der Waals surface area contributed by atoms with E-state index >= 15 is 0 Å². The molecule has 1 amide bonds. The lowest BCUT2D eigenvalue weighted by Crippen LogP contribution is -2.16. The molecule has 0 fully saturated rings. The molecule has 4 nitrogen and oxygen atoms in total. The number of hydrogen-bond donors (Lipinski definition) is 1. The fourth-order valence-corrected chi connectivity index (χ4v) is 3.28. The summed E-state index contributed by atoms with van der Waals surface area (Å²) >= 11 is 7.58. The number of carbonyl (C=O) groups excluding carboxylic acids is 1. The predicted octanol–water partition coefficient (Wildman–Crippen LogP) is 4.62. The highest BCUT2D eigenvalue weighted by Gasteiger charge is 2.12. The van der Waals surface area contributed by atoms with Crippen LogP contribution in [-0.4, -0.2) is 24.9 Å². The van der Waals surface area contributed by atoms with E-state index in [1.54, 1.807) is 17.8 Å². The molecule has 126 valence electrons. The Morgan fingerprint density at radius 3 is 2.62 bits per heavy atom. The molecular formula is C18H18ClNO3S. The molecule has 2 aromatic carbocycles. The Hall–Kier alpha value is -1.85. The first-order valence-electron chi connectivity index (χ1n) is 7.78. The third-order valence-corrected chi connectivity index (χ3v) is 4.81. The van der Waals surface area contributed by atoms with Crippen LogP contribution in [0.15, 0.2) is 47.4 Å². The number of carbonyl (C=O) groups is 1. The molecule has 1 N–H and O–H groups in total. The maximum Gasteiger partial charge on any atom is 0.224 e. The third-order valence-electron chi connectivity index (χ3n) is 3.46. The van der Waals surface area contributed by atoms with Gasteiger partial charge in [-0.05, 0) is 48.6 Å².